The van der Waals surface area contributed by atoms with Crippen LogP contribution in [0, 0.1) is 19.7 Å². The summed E-state index contributed by atoms with van der Waals surface area (Å²) in [5.41, 5.74) is -0.215. The van der Waals surface area contributed by atoms with Crippen molar-refractivity contribution in [3.8, 4) is 17.2 Å². The molecule has 0 saturated carbocycles. The molecule has 0 aliphatic carbocycles. The topological polar surface area (TPSA) is 49.3 Å². The number of allylic oxidation sites excluding steroid dienone is 1. The van der Waals surface area contributed by atoms with E-state index >= 15 is 0 Å². The maximum Gasteiger partial charge on any atom is 0.437 e. The van der Waals surface area contributed by atoms with Crippen LogP contribution in [0.2, 0.25) is 0 Å². The molecule has 2 aromatic rings. The van der Waals surface area contributed by atoms with Gasteiger partial charge in [-0.05, 0) is 69.0 Å². The second-order valence-electron chi connectivity index (χ2n) is 7.43. The summed E-state index contributed by atoms with van der Waals surface area (Å²) in [6.45, 7) is 7.06. The monoisotopic (exact) mass is 483 g/mol. The van der Waals surface area contributed by atoms with Crippen molar-refractivity contribution in [1.29, 1.82) is 0 Å². The van der Waals surface area contributed by atoms with Gasteiger partial charge in [-0.1, -0.05) is 17.3 Å². The van der Waals surface area contributed by atoms with E-state index in [1.54, 1.807) is 0 Å². The molecule has 0 spiro atoms. The lowest BCUT2D eigenvalue weighted by atomic mass is 10.1. The number of rotatable bonds is 12. The molecule has 0 atom stereocenters. The molecule has 0 radical (unpaired) electrons. The van der Waals surface area contributed by atoms with Gasteiger partial charge in [0.1, 0.15) is 36.8 Å². The highest BCUT2D eigenvalue weighted by molar-refractivity contribution is 6.04. The molecule has 186 valence electrons. The van der Waals surface area contributed by atoms with Gasteiger partial charge in [-0.25, -0.2) is 4.39 Å². The van der Waals surface area contributed by atoms with Gasteiger partial charge in [-0.3, -0.25) is 0 Å². The van der Waals surface area contributed by atoms with Crippen LogP contribution in [0.3, 0.4) is 0 Å². The summed E-state index contributed by atoms with van der Waals surface area (Å²) in [4.78, 5) is 4.19. The van der Waals surface area contributed by atoms with E-state index in [1.807, 2.05) is 45.1 Å². The third-order valence-electron chi connectivity index (χ3n) is 4.72. The third-order valence-corrected chi connectivity index (χ3v) is 4.72. The summed E-state index contributed by atoms with van der Waals surface area (Å²) in [6, 6.07) is 6.98. The molecule has 0 aliphatic rings. The van der Waals surface area contributed by atoms with Crippen molar-refractivity contribution >= 4 is 5.71 Å². The Morgan fingerprint density at radius 1 is 0.941 bits per heavy atom. The summed E-state index contributed by atoms with van der Waals surface area (Å²) in [5.74, 6) is 0.609. The second-order valence-corrected chi connectivity index (χ2v) is 7.43. The predicted octanol–water partition coefficient (Wildman–Crippen LogP) is 6.55. The Hall–Kier alpha value is -3.23. The molecule has 0 aliphatic heterocycles. The highest BCUT2D eigenvalue weighted by Gasteiger charge is 2.39. The number of ether oxygens (including phenoxy) is 3. The lowest BCUT2D eigenvalue weighted by Gasteiger charge is -2.14. The summed E-state index contributed by atoms with van der Waals surface area (Å²) >= 11 is 0. The largest absolute Gasteiger partial charge is 0.493 e. The van der Waals surface area contributed by atoms with Gasteiger partial charge in [-0.2, -0.15) is 13.2 Å². The Morgan fingerprint density at radius 2 is 1.59 bits per heavy atom. The van der Waals surface area contributed by atoms with Crippen LogP contribution in [0.25, 0.3) is 0 Å². The van der Waals surface area contributed by atoms with Crippen LogP contribution in [0.1, 0.15) is 36.5 Å². The molecule has 9 heteroatoms. The van der Waals surface area contributed by atoms with Crippen molar-refractivity contribution in [3.63, 3.8) is 0 Å². The fourth-order valence-electron chi connectivity index (χ4n) is 3.15. The minimum atomic E-state index is -4.85. The van der Waals surface area contributed by atoms with E-state index in [2.05, 4.69) is 9.99 Å². The number of hydrogen-bond donors (Lipinski definition) is 0. The van der Waals surface area contributed by atoms with Crippen molar-refractivity contribution < 1.29 is 36.6 Å². The first kappa shape index (κ1) is 27.0. The first-order valence-corrected chi connectivity index (χ1v) is 10.8. The Kier molecular flexibility index (Phi) is 10.2. The molecule has 0 unspecified atom stereocenters. The van der Waals surface area contributed by atoms with Crippen LogP contribution in [0.5, 0.6) is 17.2 Å². The van der Waals surface area contributed by atoms with Crippen molar-refractivity contribution in [2.24, 2.45) is 5.16 Å². The number of nitrogens with zero attached hydrogens (tertiary/aromatic N) is 1. The molecule has 0 amide bonds. The van der Waals surface area contributed by atoms with Gasteiger partial charge >= 0.3 is 6.18 Å². The fraction of sp³-hybridized carbons (Fsp3) is 0.400. The van der Waals surface area contributed by atoms with E-state index < -0.39 is 23.3 Å². The molecular weight excluding hydrogens is 454 g/mol. The number of alkyl halides is 3. The van der Waals surface area contributed by atoms with Crippen LogP contribution in [-0.4, -0.2) is 38.8 Å². The van der Waals surface area contributed by atoms with Crippen LogP contribution < -0.4 is 14.2 Å². The van der Waals surface area contributed by atoms with E-state index in [4.69, 9.17) is 14.2 Å². The minimum absolute atomic E-state index is 0.126. The molecule has 0 saturated heterocycles. The molecule has 0 fully saturated rings. The number of aryl methyl sites for hydroxylation is 2. The third kappa shape index (κ3) is 7.97. The molecule has 2 rings (SSSR count). The zero-order valence-corrected chi connectivity index (χ0v) is 19.7. The first-order valence-electron chi connectivity index (χ1n) is 10.8. The van der Waals surface area contributed by atoms with E-state index in [0.29, 0.717) is 26.1 Å². The maximum absolute atomic E-state index is 14.2. The zero-order chi connectivity index (χ0) is 25.1. The van der Waals surface area contributed by atoms with Gasteiger partial charge in [0.05, 0.1) is 13.2 Å². The average molecular weight is 484 g/mol. The van der Waals surface area contributed by atoms with Crippen LogP contribution in [0.15, 0.2) is 47.6 Å². The quantitative estimate of drug-likeness (QED) is 0.113. The smallest absolute Gasteiger partial charge is 0.437 e. The highest BCUT2D eigenvalue weighted by Crippen LogP contribution is 2.29. The minimum Gasteiger partial charge on any atom is -0.493 e. The summed E-state index contributed by atoms with van der Waals surface area (Å²) in [6.07, 6.45) is 0.293. The number of benzene rings is 2. The van der Waals surface area contributed by atoms with Crippen LogP contribution in [0.4, 0.5) is 17.6 Å². The number of unbranched alkanes of at least 4 members (excludes halogenated alkanes) is 1. The van der Waals surface area contributed by atoms with Gasteiger partial charge in [0.15, 0.2) is 5.71 Å². The molecule has 2 aromatic carbocycles. The summed E-state index contributed by atoms with van der Waals surface area (Å²) in [7, 11) is 0.962. The Labute approximate surface area is 197 Å². The normalized spacial score (nSPS) is 12.2. The standard InChI is InChI=1S/C25H29F4NO4/c1-5-6-11-33-20-14-17(2)23(18(3)15-20)34-13-8-7-12-32-19-9-10-21(22(26)16-19)24(30-31-4)25(27,28)29/h5-6,9-10,14-16H,7-8,11-13H2,1-4H3/b6-5+,30-24-. The van der Waals surface area contributed by atoms with Gasteiger partial charge in [0, 0.05) is 11.6 Å². The van der Waals surface area contributed by atoms with Crippen molar-refractivity contribution in [3.05, 3.63) is 65.0 Å². The fourth-order valence-corrected chi connectivity index (χ4v) is 3.15. The molecule has 5 nitrogen and oxygen atoms in total. The van der Waals surface area contributed by atoms with Crippen molar-refractivity contribution in [2.75, 3.05) is 26.9 Å². The van der Waals surface area contributed by atoms with Crippen LogP contribution in [-0.2, 0) is 4.84 Å². The van der Waals surface area contributed by atoms with Gasteiger partial charge in [0.25, 0.3) is 0 Å². The summed E-state index contributed by atoms with van der Waals surface area (Å²) < 4.78 is 70.3. The first-order chi connectivity index (χ1) is 16.2. The number of hydrogen-bond acceptors (Lipinski definition) is 5. The molecule has 0 aromatic heterocycles. The van der Waals surface area contributed by atoms with E-state index in [0.717, 1.165) is 41.9 Å². The number of halogens is 4. The van der Waals surface area contributed by atoms with Crippen molar-refractivity contribution in [2.45, 2.75) is 39.8 Å². The van der Waals surface area contributed by atoms with Gasteiger partial charge in [0.2, 0.25) is 0 Å². The summed E-state index contributed by atoms with van der Waals surface area (Å²) in [5, 5.41) is 2.90. The number of oxime groups is 1. The Morgan fingerprint density at radius 3 is 2.15 bits per heavy atom. The lowest BCUT2D eigenvalue weighted by molar-refractivity contribution is -0.0609. The maximum atomic E-state index is 14.2. The van der Waals surface area contributed by atoms with E-state index in [9.17, 15) is 17.6 Å². The second kappa shape index (κ2) is 12.9. The molecule has 34 heavy (non-hydrogen) atoms. The van der Waals surface area contributed by atoms with Crippen LogP contribution >= 0.6 is 0 Å². The molecular formula is C25H29F4NO4. The predicted molar refractivity (Wildman–Crippen MR) is 122 cm³/mol. The van der Waals surface area contributed by atoms with Crippen molar-refractivity contribution in [1.82, 2.24) is 0 Å². The molecule has 0 heterocycles. The van der Waals surface area contributed by atoms with Gasteiger partial charge < -0.3 is 19.0 Å². The Bertz CT molecular complexity index is 980. The highest BCUT2D eigenvalue weighted by atomic mass is 19.4. The van der Waals surface area contributed by atoms with E-state index in [1.165, 1.54) is 6.07 Å². The van der Waals surface area contributed by atoms with E-state index in [-0.39, 0.29) is 12.4 Å². The SMILES string of the molecule is C/C=C/COc1cc(C)c(OCCCCOc2ccc(/C(=N/OC)C(F)(F)F)c(F)c2)c(C)c1. The zero-order valence-electron chi connectivity index (χ0n) is 19.7. The molecule has 0 bridgehead atoms. The lowest BCUT2D eigenvalue weighted by Crippen LogP contribution is -2.25. The van der Waals surface area contributed by atoms with Gasteiger partial charge in [-0.15, -0.1) is 0 Å². The molecule has 0 N–H and O–H groups in total. The average Bonchev–Trinajstić information content (AvgIpc) is 2.76. The Balaban J connectivity index is 1.82.